The Hall–Kier alpha value is -1.36. The fourth-order valence-electron chi connectivity index (χ4n) is 2.06. The maximum atomic E-state index is 11.8. The first-order valence-corrected chi connectivity index (χ1v) is 6.64. The van der Waals surface area contributed by atoms with E-state index in [4.69, 9.17) is 5.11 Å². The number of carboxylic acids is 1. The van der Waals surface area contributed by atoms with Gasteiger partial charge in [0.15, 0.2) is 0 Å². The Bertz CT molecular complexity index is 427. The predicted octanol–water partition coefficient (Wildman–Crippen LogP) is 2.35. The Morgan fingerprint density at radius 1 is 1.41 bits per heavy atom. The summed E-state index contributed by atoms with van der Waals surface area (Å²) >= 11 is 1.22. The number of amides is 1. The van der Waals surface area contributed by atoms with Crippen LogP contribution < -0.4 is 0 Å². The van der Waals surface area contributed by atoms with Crippen LogP contribution in [0.4, 0.5) is 0 Å². The van der Waals surface area contributed by atoms with E-state index in [0.29, 0.717) is 17.8 Å². The number of carboxylic acid groups (broad SMARTS) is 1. The highest BCUT2D eigenvalue weighted by Gasteiger charge is 2.20. The van der Waals surface area contributed by atoms with E-state index in [1.54, 1.807) is 16.3 Å². The van der Waals surface area contributed by atoms with E-state index in [0.717, 1.165) is 31.4 Å². The molecule has 1 saturated heterocycles. The van der Waals surface area contributed by atoms with Crippen LogP contribution in [0.2, 0.25) is 0 Å². The minimum atomic E-state index is -0.905. The number of aromatic carboxylic acids is 1. The van der Waals surface area contributed by atoms with Crippen molar-refractivity contribution in [2.45, 2.75) is 32.2 Å². The standard InChI is InChI=1S/C12H15NO3S/c14-10-4-2-1-3-6-13(10)8-9-5-7-17-11(9)12(15)16/h5,7H,1-4,6,8H2,(H,15,16). The van der Waals surface area contributed by atoms with E-state index in [1.165, 1.54) is 11.3 Å². The third-order valence-corrected chi connectivity index (χ3v) is 3.92. The summed E-state index contributed by atoms with van der Waals surface area (Å²) in [5.41, 5.74) is 0.748. The van der Waals surface area contributed by atoms with Gasteiger partial charge < -0.3 is 10.0 Å². The molecule has 0 saturated carbocycles. The highest BCUT2D eigenvalue weighted by atomic mass is 32.1. The van der Waals surface area contributed by atoms with Gasteiger partial charge in [-0.05, 0) is 29.9 Å². The largest absolute Gasteiger partial charge is 0.477 e. The Morgan fingerprint density at radius 2 is 2.24 bits per heavy atom. The molecule has 0 aromatic carbocycles. The second-order valence-corrected chi connectivity index (χ2v) is 5.12. The molecular formula is C12H15NO3S. The molecule has 1 aliphatic heterocycles. The molecule has 17 heavy (non-hydrogen) atoms. The van der Waals surface area contributed by atoms with E-state index in [2.05, 4.69) is 0 Å². The lowest BCUT2D eigenvalue weighted by Gasteiger charge is -2.20. The van der Waals surface area contributed by atoms with Crippen LogP contribution in [0.15, 0.2) is 11.4 Å². The average Bonchev–Trinajstić information content (AvgIpc) is 2.66. The van der Waals surface area contributed by atoms with Crippen LogP contribution in [0.5, 0.6) is 0 Å². The third kappa shape index (κ3) is 2.85. The Morgan fingerprint density at radius 3 is 3.00 bits per heavy atom. The predicted molar refractivity (Wildman–Crippen MR) is 65.2 cm³/mol. The summed E-state index contributed by atoms with van der Waals surface area (Å²) < 4.78 is 0. The third-order valence-electron chi connectivity index (χ3n) is 2.97. The molecule has 4 nitrogen and oxygen atoms in total. The summed E-state index contributed by atoms with van der Waals surface area (Å²) in [5.74, 6) is -0.762. The Balaban J connectivity index is 2.11. The number of carbonyl (C=O) groups excluding carboxylic acids is 1. The second-order valence-electron chi connectivity index (χ2n) is 4.21. The summed E-state index contributed by atoms with van der Waals surface area (Å²) in [6, 6.07) is 1.80. The van der Waals surface area contributed by atoms with Gasteiger partial charge in [0.1, 0.15) is 4.88 Å². The first kappa shape index (κ1) is 12.1. The van der Waals surface area contributed by atoms with Crippen molar-refractivity contribution in [1.82, 2.24) is 4.90 Å². The molecule has 2 rings (SSSR count). The Kier molecular flexibility index (Phi) is 3.78. The molecule has 2 heterocycles. The molecule has 1 aliphatic rings. The number of carbonyl (C=O) groups is 2. The highest BCUT2D eigenvalue weighted by Crippen LogP contribution is 2.21. The van der Waals surface area contributed by atoms with E-state index >= 15 is 0 Å². The van der Waals surface area contributed by atoms with Crippen molar-refractivity contribution >= 4 is 23.2 Å². The van der Waals surface area contributed by atoms with Crippen LogP contribution in [-0.4, -0.2) is 28.4 Å². The minimum absolute atomic E-state index is 0.144. The molecule has 1 fully saturated rings. The van der Waals surface area contributed by atoms with Crippen molar-refractivity contribution in [2.24, 2.45) is 0 Å². The molecule has 92 valence electrons. The second kappa shape index (κ2) is 5.31. The van der Waals surface area contributed by atoms with Crippen LogP contribution in [0, 0.1) is 0 Å². The number of rotatable bonds is 3. The van der Waals surface area contributed by atoms with Crippen molar-refractivity contribution < 1.29 is 14.7 Å². The highest BCUT2D eigenvalue weighted by molar-refractivity contribution is 7.12. The fraction of sp³-hybridized carbons (Fsp3) is 0.500. The molecule has 0 unspecified atom stereocenters. The quantitative estimate of drug-likeness (QED) is 0.899. The monoisotopic (exact) mass is 253 g/mol. The zero-order valence-corrected chi connectivity index (χ0v) is 10.3. The maximum Gasteiger partial charge on any atom is 0.346 e. The normalized spacial score (nSPS) is 16.9. The van der Waals surface area contributed by atoms with E-state index in [-0.39, 0.29) is 5.91 Å². The van der Waals surface area contributed by atoms with Gasteiger partial charge in [-0.25, -0.2) is 4.79 Å². The summed E-state index contributed by atoms with van der Waals surface area (Å²) in [5, 5.41) is 10.8. The summed E-state index contributed by atoms with van der Waals surface area (Å²) in [7, 11) is 0. The van der Waals surface area contributed by atoms with Crippen molar-refractivity contribution in [3.8, 4) is 0 Å². The van der Waals surface area contributed by atoms with Crippen LogP contribution in [0.1, 0.15) is 40.9 Å². The van der Waals surface area contributed by atoms with Gasteiger partial charge in [0.05, 0.1) is 0 Å². The van der Waals surface area contributed by atoms with Gasteiger partial charge in [-0.1, -0.05) is 6.42 Å². The molecule has 0 spiro atoms. The van der Waals surface area contributed by atoms with Gasteiger partial charge in [0.25, 0.3) is 0 Å². The first-order valence-electron chi connectivity index (χ1n) is 5.76. The van der Waals surface area contributed by atoms with E-state index in [1.807, 2.05) is 0 Å². The molecule has 1 N–H and O–H groups in total. The molecule has 5 heteroatoms. The maximum absolute atomic E-state index is 11.8. The van der Waals surface area contributed by atoms with Crippen LogP contribution in [0.25, 0.3) is 0 Å². The number of hydrogen-bond donors (Lipinski definition) is 1. The smallest absolute Gasteiger partial charge is 0.346 e. The number of hydrogen-bond acceptors (Lipinski definition) is 3. The first-order chi connectivity index (χ1) is 8.18. The number of likely N-dealkylation sites (tertiary alicyclic amines) is 1. The molecule has 0 atom stereocenters. The van der Waals surface area contributed by atoms with Crippen LogP contribution in [0.3, 0.4) is 0 Å². The van der Waals surface area contributed by atoms with Gasteiger partial charge in [0.2, 0.25) is 5.91 Å². The Labute approximate surface area is 104 Å². The summed E-state index contributed by atoms with van der Waals surface area (Å²) in [6.07, 6.45) is 3.63. The molecule has 0 radical (unpaired) electrons. The van der Waals surface area contributed by atoms with Crippen LogP contribution in [-0.2, 0) is 11.3 Å². The lowest BCUT2D eigenvalue weighted by molar-refractivity contribution is -0.131. The van der Waals surface area contributed by atoms with Gasteiger partial charge in [-0.15, -0.1) is 11.3 Å². The lowest BCUT2D eigenvalue weighted by Crippen LogP contribution is -2.30. The SMILES string of the molecule is O=C(O)c1sccc1CN1CCCCCC1=O. The zero-order valence-electron chi connectivity index (χ0n) is 9.52. The molecule has 0 bridgehead atoms. The molecule has 1 amide bonds. The molecule has 1 aromatic heterocycles. The molecular weight excluding hydrogens is 238 g/mol. The molecule has 0 aliphatic carbocycles. The summed E-state index contributed by atoms with van der Waals surface area (Å²) in [6.45, 7) is 1.18. The van der Waals surface area contributed by atoms with Gasteiger partial charge in [-0.2, -0.15) is 0 Å². The van der Waals surface area contributed by atoms with Crippen molar-refractivity contribution in [1.29, 1.82) is 0 Å². The molecule has 1 aromatic rings. The minimum Gasteiger partial charge on any atom is -0.477 e. The average molecular weight is 253 g/mol. The van der Waals surface area contributed by atoms with E-state index < -0.39 is 5.97 Å². The fourth-order valence-corrected chi connectivity index (χ4v) is 2.81. The van der Waals surface area contributed by atoms with Gasteiger partial charge in [-0.3, -0.25) is 4.79 Å². The number of nitrogens with zero attached hydrogens (tertiary/aromatic N) is 1. The van der Waals surface area contributed by atoms with Gasteiger partial charge in [0, 0.05) is 19.5 Å². The summed E-state index contributed by atoms with van der Waals surface area (Å²) in [4.78, 5) is 24.9. The number of thiophene rings is 1. The van der Waals surface area contributed by atoms with Crippen molar-refractivity contribution in [3.63, 3.8) is 0 Å². The zero-order chi connectivity index (χ0) is 12.3. The van der Waals surface area contributed by atoms with Crippen molar-refractivity contribution in [2.75, 3.05) is 6.54 Å². The van der Waals surface area contributed by atoms with Crippen LogP contribution >= 0.6 is 11.3 Å². The van der Waals surface area contributed by atoms with E-state index in [9.17, 15) is 9.59 Å². The van der Waals surface area contributed by atoms with Gasteiger partial charge >= 0.3 is 5.97 Å². The van der Waals surface area contributed by atoms with Crippen molar-refractivity contribution in [3.05, 3.63) is 21.9 Å². The lowest BCUT2D eigenvalue weighted by atomic mass is 10.2. The topological polar surface area (TPSA) is 57.6 Å².